The molecule has 74 valence electrons. The maximum Gasteiger partial charge on any atom is 0.122 e. The second-order valence-electron chi connectivity index (χ2n) is 5.02. The van der Waals surface area contributed by atoms with E-state index in [9.17, 15) is 0 Å². The lowest BCUT2D eigenvalue weighted by atomic mass is 9.95. The third-order valence-electron chi connectivity index (χ3n) is 2.73. The first kappa shape index (κ1) is 9.00. The summed E-state index contributed by atoms with van der Waals surface area (Å²) in [5.74, 6) is 1.16. The highest BCUT2D eigenvalue weighted by Gasteiger charge is 2.34. The molecule has 1 saturated heterocycles. The average molecular weight is 181 g/mol. The molecule has 0 aromatic heterocycles. The lowest BCUT2D eigenvalue weighted by Gasteiger charge is -2.25. The predicted octanol–water partition coefficient (Wildman–Crippen LogP) is 1.11. The van der Waals surface area contributed by atoms with E-state index in [1.165, 1.54) is 12.8 Å². The fourth-order valence-corrected chi connectivity index (χ4v) is 1.92. The Kier molecular flexibility index (Phi) is 2.06. The highest BCUT2D eigenvalue weighted by molar-refractivity contribution is 5.89. The molecule has 2 rings (SSSR count). The van der Waals surface area contributed by atoms with E-state index in [4.69, 9.17) is 0 Å². The summed E-state index contributed by atoms with van der Waals surface area (Å²) < 4.78 is 0. The van der Waals surface area contributed by atoms with Crippen LogP contribution in [0.3, 0.4) is 0 Å². The Labute approximate surface area is 80.0 Å². The summed E-state index contributed by atoms with van der Waals surface area (Å²) in [6.45, 7) is 7.73. The Morgan fingerprint density at radius 1 is 1.38 bits per heavy atom. The van der Waals surface area contributed by atoms with Gasteiger partial charge in [-0.2, -0.15) is 0 Å². The smallest absolute Gasteiger partial charge is 0.122 e. The molecule has 2 aliphatic heterocycles. The molecule has 0 aliphatic carbocycles. The average Bonchev–Trinajstić information content (AvgIpc) is 2.45. The maximum absolute atomic E-state index is 4.68. The van der Waals surface area contributed by atoms with Crippen molar-refractivity contribution in [1.82, 2.24) is 10.6 Å². The Hall–Kier alpha value is -0.570. The molecule has 0 aromatic carbocycles. The molecule has 3 heteroatoms. The zero-order valence-corrected chi connectivity index (χ0v) is 8.72. The van der Waals surface area contributed by atoms with Crippen LogP contribution < -0.4 is 10.6 Å². The number of amidine groups is 1. The van der Waals surface area contributed by atoms with Crippen LogP contribution in [0.15, 0.2) is 4.99 Å². The normalized spacial score (nSPS) is 33.6. The molecule has 0 spiro atoms. The largest absolute Gasteiger partial charge is 0.367 e. The quantitative estimate of drug-likeness (QED) is 0.587. The van der Waals surface area contributed by atoms with Gasteiger partial charge in [-0.3, -0.25) is 10.3 Å². The summed E-state index contributed by atoms with van der Waals surface area (Å²) in [6.07, 6.45) is 2.85. The van der Waals surface area contributed by atoms with Gasteiger partial charge in [0.2, 0.25) is 0 Å². The van der Waals surface area contributed by atoms with Crippen molar-refractivity contribution in [2.24, 2.45) is 10.4 Å². The van der Waals surface area contributed by atoms with Crippen molar-refractivity contribution in [3.05, 3.63) is 0 Å². The molecule has 2 N–H and O–H groups in total. The Morgan fingerprint density at radius 3 is 2.77 bits per heavy atom. The molecule has 0 bridgehead atoms. The molecule has 2 aliphatic rings. The SMILES string of the molecule is CC(C)(C)C1=NC2NCCCC2N1. The highest BCUT2D eigenvalue weighted by Crippen LogP contribution is 2.23. The number of hydrogen-bond acceptors (Lipinski definition) is 3. The van der Waals surface area contributed by atoms with Crippen molar-refractivity contribution in [1.29, 1.82) is 0 Å². The molecule has 13 heavy (non-hydrogen) atoms. The summed E-state index contributed by atoms with van der Waals surface area (Å²) in [7, 11) is 0. The van der Waals surface area contributed by atoms with Gasteiger partial charge in [-0.15, -0.1) is 0 Å². The van der Waals surface area contributed by atoms with Crippen LogP contribution in [0, 0.1) is 5.41 Å². The third-order valence-corrected chi connectivity index (χ3v) is 2.73. The fourth-order valence-electron chi connectivity index (χ4n) is 1.92. The standard InChI is InChI=1S/C10H19N3/c1-10(2,3)9-12-7-5-4-6-11-8(7)13-9/h7-8,11H,4-6H2,1-3H3,(H,12,13). The number of nitrogens with one attached hydrogen (secondary N) is 2. The first-order valence-electron chi connectivity index (χ1n) is 5.15. The highest BCUT2D eigenvalue weighted by atomic mass is 15.2. The second-order valence-corrected chi connectivity index (χ2v) is 5.02. The van der Waals surface area contributed by atoms with Gasteiger partial charge in [0.25, 0.3) is 0 Å². The van der Waals surface area contributed by atoms with Gasteiger partial charge in [-0.25, -0.2) is 0 Å². The van der Waals surface area contributed by atoms with Crippen molar-refractivity contribution >= 4 is 5.84 Å². The van der Waals surface area contributed by atoms with Gasteiger partial charge in [-0.05, 0) is 19.4 Å². The molecule has 0 aromatic rings. The number of hydrogen-bond donors (Lipinski definition) is 2. The lowest BCUT2D eigenvalue weighted by molar-refractivity contribution is 0.359. The van der Waals surface area contributed by atoms with Crippen molar-refractivity contribution in [2.75, 3.05) is 6.54 Å². The van der Waals surface area contributed by atoms with E-state index in [1.54, 1.807) is 0 Å². The minimum Gasteiger partial charge on any atom is -0.367 e. The zero-order valence-electron chi connectivity index (χ0n) is 8.72. The van der Waals surface area contributed by atoms with E-state index in [1.807, 2.05) is 0 Å². The molecule has 2 unspecified atom stereocenters. The van der Waals surface area contributed by atoms with E-state index in [-0.39, 0.29) is 5.41 Å². The van der Waals surface area contributed by atoms with Crippen LogP contribution in [0.2, 0.25) is 0 Å². The summed E-state index contributed by atoms with van der Waals surface area (Å²) in [4.78, 5) is 4.68. The maximum atomic E-state index is 4.68. The second kappa shape index (κ2) is 2.98. The van der Waals surface area contributed by atoms with Gasteiger partial charge in [0, 0.05) is 5.41 Å². The van der Waals surface area contributed by atoms with Gasteiger partial charge >= 0.3 is 0 Å². The molecule has 3 nitrogen and oxygen atoms in total. The Balaban J connectivity index is 2.09. The number of nitrogens with zero attached hydrogens (tertiary/aromatic N) is 1. The van der Waals surface area contributed by atoms with E-state index < -0.39 is 0 Å². The third kappa shape index (κ3) is 1.70. The van der Waals surface area contributed by atoms with E-state index in [0.29, 0.717) is 12.2 Å². The Bertz CT molecular complexity index is 227. The Morgan fingerprint density at radius 2 is 2.15 bits per heavy atom. The molecule has 0 amide bonds. The van der Waals surface area contributed by atoms with Gasteiger partial charge in [-0.1, -0.05) is 20.8 Å². The van der Waals surface area contributed by atoms with E-state index in [0.717, 1.165) is 12.4 Å². The van der Waals surface area contributed by atoms with E-state index in [2.05, 4.69) is 36.4 Å². The lowest BCUT2D eigenvalue weighted by Crippen LogP contribution is -2.47. The molecule has 0 radical (unpaired) electrons. The summed E-state index contributed by atoms with van der Waals surface area (Å²) >= 11 is 0. The van der Waals surface area contributed by atoms with Crippen LogP contribution in [0.25, 0.3) is 0 Å². The van der Waals surface area contributed by atoms with Crippen LogP contribution >= 0.6 is 0 Å². The first-order chi connectivity index (χ1) is 6.07. The topological polar surface area (TPSA) is 36.4 Å². The van der Waals surface area contributed by atoms with Crippen LogP contribution in [0.5, 0.6) is 0 Å². The van der Waals surface area contributed by atoms with Gasteiger partial charge in [0.15, 0.2) is 0 Å². The fraction of sp³-hybridized carbons (Fsp3) is 0.900. The number of rotatable bonds is 0. The molecule has 0 saturated carbocycles. The molecule has 2 heterocycles. The summed E-state index contributed by atoms with van der Waals surface area (Å²) in [5.41, 5.74) is 0.166. The van der Waals surface area contributed by atoms with Crippen LogP contribution in [-0.4, -0.2) is 24.6 Å². The van der Waals surface area contributed by atoms with Crippen LogP contribution in [-0.2, 0) is 0 Å². The van der Waals surface area contributed by atoms with Crippen molar-refractivity contribution < 1.29 is 0 Å². The number of fused-ring (bicyclic) bond motifs is 1. The minimum absolute atomic E-state index is 0.166. The predicted molar refractivity (Wildman–Crippen MR) is 54.8 cm³/mol. The zero-order chi connectivity index (χ0) is 9.47. The van der Waals surface area contributed by atoms with Crippen molar-refractivity contribution in [2.45, 2.75) is 45.8 Å². The van der Waals surface area contributed by atoms with Crippen LogP contribution in [0.1, 0.15) is 33.6 Å². The minimum atomic E-state index is 0.166. The summed E-state index contributed by atoms with van der Waals surface area (Å²) in [5, 5.41) is 6.95. The van der Waals surface area contributed by atoms with Gasteiger partial charge in [0.05, 0.1) is 6.04 Å². The number of piperidine rings is 1. The molecular weight excluding hydrogens is 162 g/mol. The summed E-state index contributed by atoms with van der Waals surface area (Å²) in [6, 6.07) is 0.544. The van der Waals surface area contributed by atoms with Gasteiger partial charge < -0.3 is 5.32 Å². The molecular formula is C10H19N3. The monoisotopic (exact) mass is 181 g/mol. The van der Waals surface area contributed by atoms with Crippen molar-refractivity contribution in [3.8, 4) is 0 Å². The van der Waals surface area contributed by atoms with Crippen LogP contribution in [0.4, 0.5) is 0 Å². The number of aliphatic imine (C=N–C) groups is 1. The first-order valence-corrected chi connectivity index (χ1v) is 5.15. The van der Waals surface area contributed by atoms with Crippen molar-refractivity contribution in [3.63, 3.8) is 0 Å². The molecule has 1 fully saturated rings. The van der Waals surface area contributed by atoms with E-state index >= 15 is 0 Å². The molecule has 2 atom stereocenters. The van der Waals surface area contributed by atoms with Gasteiger partial charge in [0.1, 0.15) is 12.0 Å².